The van der Waals surface area contributed by atoms with Crippen LogP contribution >= 0.6 is 0 Å². The van der Waals surface area contributed by atoms with Crippen molar-refractivity contribution in [2.24, 2.45) is 5.92 Å². The lowest BCUT2D eigenvalue weighted by Gasteiger charge is -2.10. The minimum atomic E-state index is -3.37. The van der Waals surface area contributed by atoms with Gasteiger partial charge in [-0.25, -0.2) is 0 Å². The predicted molar refractivity (Wildman–Crippen MR) is 38.4 cm³/mol. The van der Waals surface area contributed by atoms with Crippen LogP contribution in [0.15, 0.2) is 0 Å². The maximum Gasteiger partial charge on any atom is 0.321 e. The van der Waals surface area contributed by atoms with Crippen molar-refractivity contribution in [1.29, 1.82) is 5.26 Å². The first-order chi connectivity index (χ1) is 5.38. The summed E-state index contributed by atoms with van der Waals surface area (Å²) >= 11 is 0. The highest BCUT2D eigenvalue weighted by Crippen LogP contribution is 2.10. The van der Waals surface area contributed by atoms with E-state index < -0.39 is 17.7 Å². The second-order valence-electron chi connectivity index (χ2n) is 2.63. The van der Waals surface area contributed by atoms with Crippen LogP contribution in [0.4, 0.5) is 8.78 Å². The molecule has 0 saturated heterocycles. The molecule has 0 aliphatic heterocycles. The van der Waals surface area contributed by atoms with E-state index in [0.29, 0.717) is 6.92 Å². The van der Waals surface area contributed by atoms with Crippen LogP contribution in [-0.4, -0.2) is 18.4 Å². The number of nitriles is 1. The van der Waals surface area contributed by atoms with Gasteiger partial charge in [0, 0.05) is 13.5 Å². The molecule has 12 heavy (non-hydrogen) atoms. The molecule has 0 heterocycles. The number of carbonyl (C=O) groups excluding carboxylic acids is 1. The van der Waals surface area contributed by atoms with E-state index >= 15 is 0 Å². The van der Waals surface area contributed by atoms with E-state index in [1.54, 1.807) is 0 Å². The fraction of sp³-hybridized carbons (Fsp3) is 0.714. The fourth-order valence-corrected chi connectivity index (χ4v) is 0.447. The molecule has 0 aromatic carbocycles. The van der Waals surface area contributed by atoms with Gasteiger partial charge in [-0.1, -0.05) is 0 Å². The largest absolute Gasteiger partial charge is 0.350 e. The maximum atomic E-state index is 12.2. The minimum Gasteiger partial charge on any atom is -0.350 e. The van der Waals surface area contributed by atoms with Gasteiger partial charge in [0.1, 0.15) is 0 Å². The number of hydrogen-bond acceptors (Lipinski definition) is 2. The Morgan fingerprint density at radius 2 is 2.25 bits per heavy atom. The SMILES string of the molecule is CC(C#N)CNC(=O)C(C)(F)F. The Morgan fingerprint density at radius 3 is 2.58 bits per heavy atom. The summed E-state index contributed by atoms with van der Waals surface area (Å²) in [6, 6.07) is 1.81. The highest BCUT2D eigenvalue weighted by atomic mass is 19.3. The fourth-order valence-electron chi connectivity index (χ4n) is 0.447. The summed E-state index contributed by atoms with van der Waals surface area (Å²) < 4.78 is 24.4. The highest BCUT2D eigenvalue weighted by Gasteiger charge is 2.31. The molecule has 0 aromatic heterocycles. The first-order valence-corrected chi connectivity index (χ1v) is 3.43. The van der Waals surface area contributed by atoms with Gasteiger partial charge in [-0.05, 0) is 6.92 Å². The zero-order valence-corrected chi connectivity index (χ0v) is 6.90. The van der Waals surface area contributed by atoms with Crippen molar-refractivity contribution in [1.82, 2.24) is 5.32 Å². The van der Waals surface area contributed by atoms with Crippen molar-refractivity contribution in [2.45, 2.75) is 19.8 Å². The van der Waals surface area contributed by atoms with Crippen molar-refractivity contribution in [2.75, 3.05) is 6.54 Å². The van der Waals surface area contributed by atoms with Crippen LogP contribution in [0.5, 0.6) is 0 Å². The molecule has 0 radical (unpaired) electrons. The number of halogens is 2. The smallest absolute Gasteiger partial charge is 0.321 e. The first-order valence-electron chi connectivity index (χ1n) is 3.43. The summed E-state index contributed by atoms with van der Waals surface area (Å²) in [5.41, 5.74) is 0. The van der Waals surface area contributed by atoms with Crippen molar-refractivity contribution < 1.29 is 13.6 Å². The van der Waals surface area contributed by atoms with Gasteiger partial charge in [0.05, 0.1) is 12.0 Å². The van der Waals surface area contributed by atoms with Gasteiger partial charge in [0.15, 0.2) is 0 Å². The molecular formula is C7H10F2N2O. The Bertz CT molecular complexity index is 204. The van der Waals surface area contributed by atoms with Gasteiger partial charge in [-0.15, -0.1) is 0 Å². The number of alkyl halides is 2. The first kappa shape index (κ1) is 10.8. The Kier molecular flexibility index (Phi) is 3.61. The van der Waals surface area contributed by atoms with E-state index in [2.05, 4.69) is 0 Å². The molecule has 1 N–H and O–H groups in total. The lowest BCUT2D eigenvalue weighted by atomic mass is 10.2. The van der Waals surface area contributed by atoms with Gasteiger partial charge < -0.3 is 5.32 Å². The average Bonchev–Trinajstić information content (AvgIpc) is 1.97. The number of amides is 1. The predicted octanol–water partition coefficient (Wildman–Crippen LogP) is 0.917. The third kappa shape index (κ3) is 3.86. The van der Waals surface area contributed by atoms with E-state index in [4.69, 9.17) is 5.26 Å². The van der Waals surface area contributed by atoms with Crippen molar-refractivity contribution in [3.05, 3.63) is 0 Å². The Labute approximate surface area is 69.4 Å². The van der Waals surface area contributed by atoms with Crippen LogP contribution < -0.4 is 5.32 Å². The zero-order chi connectivity index (χ0) is 9.78. The summed E-state index contributed by atoms with van der Waals surface area (Å²) in [6.45, 7) is 2.01. The lowest BCUT2D eigenvalue weighted by Crippen LogP contribution is -2.39. The van der Waals surface area contributed by atoms with Crippen LogP contribution in [0.25, 0.3) is 0 Å². The van der Waals surface area contributed by atoms with Gasteiger partial charge in [0.25, 0.3) is 5.91 Å². The summed E-state index contributed by atoms with van der Waals surface area (Å²) in [7, 11) is 0. The monoisotopic (exact) mass is 176 g/mol. The molecule has 3 nitrogen and oxygen atoms in total. The number of rotatable bonds is 3. The number of nitrogens with one attached hydrogen (secondary N) is 1. The molecule has 0 saturated carbocycles. The summed E-state index contributed by atoms with van der Waals surface area (Å²) in [5, 5.41) is 10.2. The molecule has 0 aliphatic rings. The van der Waals surface area contributed by atoms with E-state index in [1.807, 2.05) is 11.4 Å². The zero-order valence-electron chi connectivity index (χ0n) is 6.90. The molecule has 0 spiro atoms. The summed E-state index contributed by atoms with van der Waals surface area (Å²) in [4.78, 5) is 10.5. The van der Waals surface area contributed by atoms with Gasteiger partial charge in [-0.2, -0.15) is 14.0 Å². The Hall–Kier alpha value is -1.18. The normalized spacial score (nSPS) is 13.2. The topological polar surface area (TPSA) is 52.9 Å². The van der Waals surface area contributed by atoms with Crippen LogP contribution in [-0.2, 0) is 4.79 Å². The third-order valence-corrected chi connectivity index (χ3v) is 1.19. The van der Waals surface area contributed by atoms with E-state index in [-0.39, 0.29) is 6.54 Å². The highest BCUT2D eigenvalue weighted by molar-refractivity contribution is 5.82. The van der Waals surface area contributed by atoms with Crippen molar-refractivity contribution in [3.63, 3.8) is 0 Å². The van der Waals surface area contributed by atoms with Gasteiger partial charge >= 0.3 is 5.92 Å². The van der Waals surface area contributed by atoms with E-state index in [9.17, 15) is 13.6 Å². The molecule has 0 bridgehead atoms. The minimum absolute atomic E-state index is 0.0429. The molecule has 0 fully saturated rings. The number of nitrogens with zero attached hydrogens (tertiary/aromatic N) is 1. The molecule has 0 aliphatic carbocycles. The van der Waals surface area contributed by atoms with Crippen LogP contribution in [0.2, 0.25) is 0 Å². The lowest BCUT2D eigenvalue weighted by molar-refractivity contribution is -0.143. The number of hydrogen-bond donors (Lipinski definition) is 1. The van der Waals surface area contributed by atoms with Crippen LogP contribution in [0.1, 0.15) is 13.8 Å². The molecule has 1 amide bonds. The van der Waals surface area contributed by atoms with Gasteiger partial charge in [-0.3, -0.25) is 4.79 Å². The molecular weight excluding hydrogens is 166 g/mol. The summed E-state index contributed by atoms with van der Waals surface area (Å²) in [5.74, 6) is -5.16. The second-order valence-corrected chi connectivity index (χ2v) is 2.63. The Morgan fingerprint density at radius 1 is 1.75 bits per heavy atom. The molecule has 1 unspecified atom stereocenters. The Balaban J connectivity index is 3.82. The summed E-state index contributed by atoms with van der Waals surface area (Å²) in [6.07, 6.45) is 0. The molecule has 0 aromatic rings. The molecule has 68 valence electrons. The third-order valence-electron chi connectivity index (χ3n) is 1.19. The number of carbonyl (C=O) groups is 1. The van der Waals surface area contributed by atoms with Crippen LogP contribution in [0.3, 0.4) is 0 Å². The standard InChI is InChI=1S/C7H10F2N2O/c1-5(3-10)4-11-6(12)7(2,8)9/h5H,4H2,1-2H3,(H,11,12). The quantitative estimate of drug-likeness (QED) is 0.695. The maximum absolute atomic E-state index is 12.2. The van der Waals surface area contributed by atoms with Crippen LogP contribution in [0, 0.1) is 17.2 Å². The van der Waals surface area contributed by atoms with Crippen molar-refractivity contribution >= 4 is 5.91 Å². The average molecular weight is 176 g/mol. The molecule has 5 heteroatoms. The molecule has 1 atom stereocenters. The second kappa shape index (κ2) is 4.00. The van der Waals surface area contributed by atoms with Crippen molar-refractivity contribution in [3.8, 4) is 6.07 Å². The van der Waals surface area contributed by atoms with E-state index in [1.165, 1.54) is 6.92 Å². The molecule has 0 rings (SSSR count). The van der Waals surface area contributed by atoms with Gasteiger partial charge in [0.2, 0.25) is 0 Å². The van der Waals surface area contributed by atoms with E-state index in [0.717, 1.165) is 0 Å².